The minimum atomic E-state index is -0.0427. The lowest BCUT2D eigenvalue weighted by Gasteiger charge is -2.16. The highest BCUT2D eigenvalue weighted by atomic mass is 16.6. The number of hydrogen-bond donors (Lipinski definition) is 0. The Balaban J connectivity index is 1.79. The molecule has 2 rings (SSSR count). The lowest BCUT2D eigenvalue weighted by atomic mass is 9.94. The number of carbonyl (C=O) groups is 1. The number of fused-ring (bicyclic) bond motifs is 2. The van der Waals surface area contributed by atoms with Crippen LogP contribution in [-0.2, 0) is 14.3 Å². The van der Waals surface area contributed by atoms with Gasteiger partial charge in [0.2, 0.25) is 0 Å². The number of esters is 1. The highest BCUT2D eigenvalue weighted by molar-refractivity contribution is 5.74. The Labute approximate surface area is 84.1 Å². The van der Waals surface area contributed by atoms with Crippen molar-refractivity contribution < 1.29 is 14.3 Å². The molecular formula is C11H16O3. The van der Waals surface area contributed by atoms with Gasteiger partial charge in [-0.3, -0.25) is 4.79 Å². The van der Waals surface area contributed by atoms with E-state index >= 15 is 0 Å². The lowest BCUT2D eigenvalue weighted by molar-refractivity contribution is -0.150. The first-order chi connectivity index (χ1) is 6.81. The maximum absolute atomic E-state index is 11.6. The Morgan fingerprint density at radius 1 is 1.36 bits per heavy atom. The van der Waals surface area contributed by atoms with E-state index in [1.165, 1.54) is 0 Å². The van der Waals surface area contributed by atoms with E-state index in [0.29, 0.717) is 25.0 Å². The van der Waals surface area contributed by atoms with Crippen molar-refractivity contribution in [1.29, 1.82) is 0 Å². The second-order valence-corrected chi connectivity index (χ2v) is 4.05. The number of methoxy groups -OCH3 is 1. The molecule has 0 spiro atoms. The summed E-state index contributed by atoms with van der Waals surface area (Å²) in [4.78, 5) is 11.6. The van der Waals surface area contributed by atoms with E-state index in [-0.39, 0.29) is 11.9 Å². The van der Waals surface area contributed by atoms with E-state index in [9.17, 15) is 4.79 Å². The Kier molecular flexibility index (Phi) is 2.87. The van der Waals surface area contributed by atoms with E-state index < -0.39 is 0 Å². The summed E-state index contributed by atoms with van der Waals surface area (Å²) in [6.45, 7) is 0.870. The summed E-state index contributed by atoms with van der Waals surface area (Å²) in [5, 5.41) is 0. The van der Waals surface area contributed by atoms with Crippen molar-refractivity contribution in [2.75, 3.05) is 20.3 Å². The molecule has 0 N–H and O–H groups in total. The van der Waals surface area contributed by atoms with Gasteiger partial charge in [0.1, 0.15) is 6.61 Å². The molecule has 0 aliphatic heterocycles. The first-order valence-corrected chi connectivity index (χ1v) is 5.15. The highest BCUT2D eigenvalue weighted by Crippen LogP contribution is 2.43. The molecule has 1 saturated carbocycles. The van der Waals surface area contributed by atoms with Crippen LogP contribution in [0, 0.1) is 17.8 Å². The van der Waals surface area contributed by atoms with Crippen molar-refractivity contribution >= 4 is 5.97 Å². The lowest BCUT2D eigenvalue weighted by Crippen LogP contribution is -2.22. The molecule has 14 heavy (non-hydrogen) atoms. The maximum atomic E-state index is 11.6. The maximum Gasteiger partial charge on any atom is 0.309 e. The quantitative estimate of drug-likeness (QED) is 0.387. The third-order valence-electron chi connectivity index (χ3n) is 3.11. The molecule has 0 amide bonds. The molecule has 0 radical (unpaired) electrons. The van der Waals surface area contributed by atoms with Crippen molar-refractivity contribution in [1.82, 2.24) is 0 Å². The van der Waals surface area contributed by atoms with Crippen molar-refractivity contribution in [3.05, 3.63) is 12.2 Å². The van der Waals surface area contributed by atoms with Crippen LogP contribution in [0.1, 0.15) is 12.8 Å². The molecule has 2 aliphatic carbocycles. The van der Waals surface area contributed by atoms with Gasteiger partial charge in [-0.15, -0.1) is 0 Å². The molecule has 78 valence electrons. The van der Waals surface area contributed by atoms with E-state index in [1.54, 1.807) is 7.11 Å². The van der Waals surface area contributed by atoms with Gasteiger partial charge in [0, 0.05) is 7.11 Å². The fourth-order valence-electron chi connectivity index (χ4n) is 2.38. The summed E-state index contributed by atoms with van der Waals surface area (Å²) in [5.41, 5.74) is 0. The van der Waals surface area contributed by atoms with Crippen LogP contribution in [0.25, 0.3) is 0 Å². The van der Waals surface area contributed by atoms with Crippen molar-refractivity contribution in [2.24, 2.45) is 17.8 Å². The highest BCUT2D eigenvalue weighted by Gasteiger charge is 2.40. The molecule has 2 bridgehead atoms. The fraction of sp³-hybridized carbons (Fsp3) is 0.727. The predicted molar refractivity (Wildman–Crippen MR) is 51.7 cm³/mol. The van der Waals surface area contributed by atoms with Crippen LogP contribution < -0.4 is 0 Å². The number of carbonyl (C=O) groups excluding carboxylic acids is 1. The van der Waals surface area contributed by atoms with Crippen LogP contribution in [0.4, 0.5) is 0 Å². The number of hydrogen-bond acceptors (Lipinski definition) is 3. The van der Waals surface area contributed by atoms with Gasteiger partial charge in [0.15, 0.2) is 0 Å². The molecule has 1 fully saturated rings. The predicted octanol–water partition coefficient (Wildman–Crippen LogP) is 1.39. The van der Waals surface area contributed by atoms with E-state index in [4.69, 9.17) is 9.47 Å². The van der Waals surface area contributed by atoms with Crippen molar-refractivity contribution in [3.8, 4) is 0 Å². The average molecular weight is 196 g/mol. The molecule has 3 nitrogen and oxygen atoms in total. The summed E-state index contributed by atoms with van der Waals surface area (Å²) in [6, 6.07) is 0. The van der Waals surface area contributed by atoms with E-state index in [2.05, 4.69) is 12.2 Å². The van der Waals surface area contributed by atoms with Crippen molar-refractivity contribution in [2.45, 2.75) is 12.8 Å². The van der Waals surface area contributed by atoms with Crippen LogP contribution in [-0.4, -0.2) is 26.3 Å². The van der Waals surface area contributed by atoms with Gasteiger partial charge in [0.25, 0.3) is 0 Å². The molecule has 0 aromatic heterocycles. The third-order valence-corrected chi connectivity index (χ3v) is 3.11. The smallest absolute Gasteiger partial charge is 0.309 e. The SMILES string of the molecule is COCCOC(=O)[C@H]1C[C@H]2C=C[C@@H]1C2. The fourth-order valence-corrected chi connectivity index (χ4v) is 2.38. The molecular weight excluding hydrogens is 180 g/mol. The summed E-state index contributed by atoms with van der Waals surface area (Å²) < 4.78 is 9.95. The van der Waals surface area contributed by atoms with Crippen LogP contribution in [0.5, 0.6) is 0 Å². The minimum Gasteiger partial charge on any atom is -0.463 e. The summed E-state index contributed by atoms with van der Waals surface area (Å²) in [7, 11) is 1.61. The Morgan fingerprint density at radius 2 is 2.21 bits per heavy atom. The standard InChI is InChI=1S/C11H16O3/c1-13-4-5-14-11(12)10-7-8-2-3-9(10)6-8/h2-3,8-10H,4-7H2,1H3/t8-,9+,10-/m0/s1. The zero-order valence-electron chi connectivity index (χ0n) is 8.44. The second-order valence-electron chi connectivity index (χ2n) is 4.05. The summed E-state index contributed by atoms with van der Waals surface area (Å²) in [6.07, 6.45) is 6.51. The molecule has 0 saturated heterocycles. The first-order valence-electron chi connectivity index (χ1n) is 5.15. The van der Waals surface area contributed by atoms with Gasteiger partial charge in [0.05, 0.1) is 12.5 Å². The molecule has 0 unspecified atom stereocenters. The monoisotopic (exact) mass is 196 g/mol. The molecule has 3 heteroatoms. The Hall–Kier alpha value is -0.830. The van der Waals surface area contributed by atoms with Crippen LogP contribution >= 0.6 is 0 Å². The van der Waals surface area contributed by atoms with E-state index in [0.717, 1.165) is 12.8 Å². The van der Waals surface area contributed by atoms with Crippen molar-refractivity contribution in [3.63, 3.8) is 0 Å². The van der Waals surface area contributed by atoms with Gasteiger partial charge in [-0.05, 0) is 24.7 Å². The zero-order valence-corrected chi connectivity index (χ0v) is 8.44. The largest absolute Gasteiger partial charge is 0.463 e. The van der Waals surface area contributed by atoms with Crippen LogP contribution in [0.15, 0.2) is 12.2 Å². The molecule has 3 atom stereocenters. The second kappa shape index (κ2) is 4.13. The topological polar surface area (TPSA) is 35.5 Å². The van der Waals surface area contributed by atoms with Crippen LogP contribution in [0.3, 0.4) is 0 Å². The van der Waals surface area contributed by atoms with Gasteiger partial charge >= 0.3 is 5.97 Å². The van der Waals surface area contributed by atoms with Gasteiger partial charge < -0.3 is 9.47 Å². The number of rotatable bonds is 4. The van der Waals surface area contributed by atoms with E-state index in [1.807, 2.05) is 0 Å². The normalized spacial score (nSPS) is 33.6. The average Bonchev–Trinajstić information content (AvgIpc) is 2.79. The summed E-state index contributed by atoms with van der Waals surface area (Å²) in [5.74, 6) is 1.13. The molecule has 0 aromatic rings. The minimum absolute atomic E-state index is 0.0427. The first kappa shape index (κ1) is 9.71. The van der Waals surface area contributed by atoms with Gasteiger partial charge in [-0.25, -0.2) is 0 Å². The zero-order chi connectivity index (χ0) is 9.97. The van der Waals surface area contributed by atoms with Crippen LogP contribution in [0.2, 0.25) is 0 Å². The van der Waals surface area contributed by atoms with Gasteiger partial charge in [-0.1, -0.05) is 12.2 Å². The Morgan fingerprint density at radius 3 is 2.79 bits per heavy atom. The number of ether oxygens (including phenoxy) is 2. The Bertz CT molecular complexity index is 247. The van der Waals surface area contributed by atoms with Gasteiger partial charge in [-0.2, -0.15) is 0 Å². The summed E-state index contributed by atoms with van der Waals surface area (Å²) >= 11 is 0. The number of allylic oxidation sites excluding steroid dienone is 2. The molecule has 0 heterocycles. The molecule has 2 aliphatic rings. The molecule has 0 aromatic carbocycles. The third kappa shape index (κ3) is 1.82.